The number of hydrogen-bond donors (Lipinski definition) is 1. The maximum absolute atomic E-state index is 11.3. The second-order valence-corrected chi connectivity index (χ2v) is 3.64. The molecule has 0 spiro atoms. The van der Waals surface area contributed by atoms with Crippen LogP contribution in [0.3, 0.4) is 0 Å². The van der Waals surface area contributed by atoms with Crippen molar-refractivity contribution < 1.29 is 9.53 Å². The summed E-state index contributed by atoms with van der Waals surface area (Å²) in [6.45, 7) is 2.72. The Morgan fingerprint density at radius 2 is 2.17 bits per heavy atom. The molecule has 0 aliphatic carbocycles. The smallest absolute Gasteiger partial charge is 0.243 e. The Bertz CT molecular complexity index is 444. The summed E-state index contributed by atoms with van der Waals surface area (Å²) in [4.78, 5) is 11.3. The first-order valence-corrected chi connectivity index (χ1v) is 5.82. The summed E-state index contributed by atoms with van der Waals surface area (Å²) >= 11 is 0. The highest BCUT2D eigenvalue weighted by Crippen LogP contribution is 2.12. The van der Waals surface area contributed by atoms with Crippen LogP contribution >= 0.6 is 0 Å². The highest BCUT2D eigenvalue weighted by atomic mass is 16.5. The Hall–Kier alpha value is -2.28. The lowest BCUT2D eigenvalue weighted by Crippen LogP contribution is -2.21. The minimum Gasteiger partial charge on any atom is -0.479 e. The van der Waals surface area contributed by atoms with E-state index < -0.39 is 0 Å². The van der Waals surface area contributed by atoms with E-state index in [1.54, 1.807) is 18.2 Å². The van der Waals surface area contributed by atoms with Crippen LogP contribution in [0.2, 0.25) is 0 Å². The molecule has 0 aliphatic heterocycles. The molecule has 0 atom stereocenters. The fraction of sp³-hybridized carbons (Fsp3) is 0.286. The first-order valence-electron chi connectivity index (χ1n) is 5.82. The van der Waals surface area contributed by atoms with Crippen molar-refractivity contribution in [2.45, 2.75) is 13.3 Å². The Labute approximate surface area is 107 Å². The molecular weight excluding hydrogens is 228 g/mol. The molecule has 0 radical (unpaired) electrons. The van der Waals surface area contributed by atoms with Crippen LogP contribution in [0.15, 0.2) is 30.3 Å². The molecule has 1 aromatic carbocycles. The zero-order valence-electron chi connectivity index (χ0n) is 10.3. The fourth-order valence-corrected chi connectivity index (χ4v) is 1.27. The van der Waals surface area contributed by atoms with Gasteiger partial charge in [0.15, 0.2) is 6.61 Å². The quantitative estimate of drug-likeness (QED) is 0.780. The van der Waals surface area contributed by atoms with Gasteiger partial charge in [0.05, 0.1) is 0 Å². The van der Waals surface area contributed by atoms with Gasteiger partial charge in [-0.1, -0.05) is 19.1 Å². The van der Waals surface area contributed by atoms with Gasteiger partial charge < -0.3 is 10.1 Å². The van der Waals surface area contributed by atoms with Gasteiger partial charge in [0.2, 0.25) is 5.91 Å². The number of nitriles is 1. The molecule has 0 aliphatic rings. The Morgan fingerprint density at radius 3 is 2.78 bits per heavy atom. The maximum Gasteiger partial charge on any atom is 0.243 e. The fourth-order valence-electron chi connectivity index (χ4n) is 1.27. The molecule has 1 amide bonds. The van der Waals surface area contributed by atoms with Crippen molar-refractivity contribution in [1.29, 1.82) is 5.26 Å². The van der Waals surface area contributed by atoms with E-state index in [1.807, 2.05) is 25.1 Å². The van der Waals surface area contributed by atoms with Gasteiger partial charge >= 0.3 is 0 Å². The SMILES string of the molecule is CCCNC(=O)/C=C/c1ccc(OCC#N)cc1. The molecule has 4 heteroatoms. The molecule has 0 fully saturated rings. The van der Waals surface area contributed by atoms with Crippen molar-refractivity contribution >= 4 is 12.0 Å². The van der Waals surface area contributed by atoms with Gasteiger partial charge in [-0.2, -0.15) is 5.26 Å². The van der Waals surface area contributed by atoms with E-state index in [0.29, 0.717) is 12.3 Å². The zero-order valence-corrected chi connectivity index (χ0v) is 10.3. The van der Waals surface area contributed by atoms with Crippen LogP contribution < -0.4 is 10.1 Å². The van der Waals surface area contributed by atoms with E-state index >= 15 is 0 Å². The first-order chi connectivity index (χ1) is 8.76. The molecule has 0 aromatic heterocycles. The van der Waals surface area contributed by atoms with Crippen molar-refractivity contribution in [3.63, 3.8) is 0 Å². The Kier molecular flexibility index (Phi) is 6.05. The number of ether oxygens (including phenoxy) is 1. The van der Waals surface area contributed by atoms with Crippen LogP contribution in [-0.2, 0) is 4.79 Å². The summed E-state index contributed by atoms with van der Waals surface area (Å²) in [6.07, 6.45) is 4.16. The number of rotatable bonds is 6. The number of carbonyl (C=O) groups excluding carboxylic acids is 1. The van der Waals surface area contributed by atoms with Crippen molar-refractivity contribution in [1.82, 2.24) is 5.32 Å². The van der Waals surface area contributed by atoms with Gasteiger partial charge in [-0.05, 0) is 30.2 Å². The van der Waals surface area contributed by atoms with Gasteiger partial charge in [0, 0.05) is 12.6 Å². The third-order valence-corrected chi connectivity index (χ3v) is 2.16. The average Bonchev–Trinajstić information content (AvgIpc) is 2.41. The lowest BCUT2D eigenvalue weighted by Gasteiger charge is -2.01. The van der Waals surface area contributed by atoms with Crippen LogP contribution in [0.1, 0.15) is 18.9 Å². The van der Waals surface area contributed by atoms with Crippen LogP contribution in [0, 0.1) is 11.3 Å². The van der Waals surface area contributed by atoms with E-state index in [0.717, 1.165) is 12.0 Å². The molecule has 0 unspecified atom stereocenters. The number of benzene rings is 1. The third kappa shape index (κ3) is 5.17. The van der Waals surface area contributed by atoms with Crippen LogP contribution in [-0.4, -0.2) is 19.1 Å². The predicted molar refractivity (Wildman–Crippen MR) is 69.9 cm³/mol. The highest BCUT2D eigenvalue weighted by molar-refractivity contribution is 5.91. The molecule has 1 N–H and O–H groups in total. The van der Waals surface area contributed by atoms with Gasteiger partial charge in [-0.3, -0.25) is 4.79 Å². The van der Waals surface area contributed by atoms with Crippen LogP contribution in [0.4, 0.5) is 0 Å². The normalized spacial score (nSPS) is 10.0. The molecule has 94 valence electrons. The molecule has 1 rings (SSSR count). The van der Waals surface area contributed by atoms with Gasteiger partial charge in [-0.25, -0.2) is 0 Å². The number of hydrogen-bond acceptors (Lipinski definition) is 3. The van der Waals surface area contributed by atoms with Gasteiger partial charge in [0.1, 0.15) is 11.8 Å². The molecule has 0 heterocycles. The predicted octanol–water partition coefficient (Wildman–Crippen LogP) is 2.13. The molecule has 1 aromatic rings. The molecule has 0 bridgehead atoms. The lowest BCUT2D eigenvalue weighted by molar-refractivity contribution is -0.116. The standard InChI is InChI=1S/C14H16N2O2/c1-2-10-16-14(17)8-5-12-3-6-13(7-4-12)18-11-9-15/h3-8H,2,10-11H2,1H3,(H,16,17)/b8-5+. The maximum atomic E-state index is 11.3. The van der Waals surface area contributed by atoms with Crippen molar-refractivity contribution in [2.75, 3.05) is 13.2 Å². The number of nitrogens with zero attached hydrogens (tertiary/aromatic N) is 1. The molecule has 4 nitrogen and oxygen atoms in total. The van der Waals surface area contributed by atoms with E-state index in [-0.39, 0.29) is 12.5 Å². The third-order valence-electron chi connectivity index (χ3n) is 2.16. The second-order valence-electron chi connectivity index (χ2n) is 3.64. The topological polar surface area (TPSA) is 62.1 Å². The van der Waals surface area contributed by atoms with Crippen molar-refractivity contribution in [3.05, 3.63) is 35.9 Å². The summed E-state index contributed by atoms with van der Waals surface area (Å²) < 4.78 is 5.12. The Balaban J connectivity index is 2.50. The molecule has 0 saturated heterocycles. The summed E-state index contributed by atoms with van der Waals surface area (Å²) in [5, 5.41) is 11.1. The number of carbonyl (C=O) groups is 1. The van der Waals surface area contributed by atoms with Crippen molar-refractivity contribution in [3.8, 4) is 11.8 Å². The number of amides is 1. The molecule has 18 heavy (non-hydrogen) atoms. The van der Waals surface area contributed by atoms with Crippen molar-refractivity contribution in [2.24, 2.45) is 0 Å². The molecule has 0 saturated carbocycles. The lowest BCUT2D eigenvalue weighted by atomic mass is 10.2. The second kappa shape index (κ2) is 7.91. The largest absolute Gasteiger partial charge is 0.479 e. The average molecular weight is 244 g/mol. The molecular formula is C14H16N2O2. The Morgan fingerprint density at radius 1 is 1.44 bits per heavy atom. The summed E-state index contributed by atoms with van der Waals surface area (Å²) in [5.41, 5.74) is 0.908. The summed E-state index contributed by atoms with van der Waals surface area (Å²) in [6, 6.07) is 9.09. The van der Waals surface area contributed by atoms with E-state index in [4.69, 9.17) is 10.00 Å². The van der Waals surface area contributed by atoms with Crippen LogP contribution in [0.25, 0.3) is 6.08 Å². The van der Waals surface area contributed by atoms with Gasteiger partial charge in [0.25, 0.3) is 0 Å². The first kappa shape index (κ1) is 13.8. The monoisotopic (exact) mass is 244 g/mol. The zero-order chi connectivity index (χ0) is 13.2. The minimum absolute atomic E-state index is 0.0363. The van der Waals surface area contributed by atoms with E-state index in [1.165, 1.54) is 6.08 Å². The van der Waals surface area contributed by atoms with E-state index in [2.05, 4.69) is 5.32 Å². The van der Waals surface area contributed by atoms with E-state index in [9.17, 15) is 4.79 Å². The number of nitrogens with one attached hydrogen (secondary N) is 1. The van der Waals surface area contributed by atoms with Gasteiger partial charge in [-0.15, -0.1) is 0 Å². The summed E-state index contributed by atoms with van der Waals surface area (Å²) in [5.74, 6) is 0.547. The highest BCUT2D eigenvalue weighted by Gasteiger charge is 1.95. The minimum atomic E-state index is -0.0957. The van der Waals surface area contributed by atoms with Crippen LogP contribution in [0.5, 0.6) is 5.75 Å². The summed E-state index contributed by atoms with van der Waals surface area (Å²) in [7, 11) is 0.